The van der Waals surface area contributed by atoms with Crippen molar-refractivity contribution in [2.75, 3.05) is 23.7 Å². The van der Waals surface area contributed by atoms with Crippen LogP contribution in [0.25, 0.3) is 0 Å². The van der Waals surface area contributed by atoms with Crippen LogP contribution in [0.1, 0.15) is 29.6 Å². The zero-order valence-corrected chi connectivity index (χ0v) is 9.96. The van der Waals surface area contributed by atoms with Gasteiger partial charge in [-0.25, -0.2) is 0 Å². The lowest BCUT2D eigenvalue weighted by molar-refractivity contribution is 0.0976. The van der Waals surface area contributed by atoms with Gasteiger partial charge in [-0.3, -0.25) is 4.79 Å². The van der Waals surface area contributed by atoms with Crippen LogP contribution in [-0.2, 0) is 0 Å². The minimum atomic E-state index is 0. The molecule has 0 bridgehead atoms. The molecule has 1 aliphatic carbocycles. The van der Waals surface area contributed by atoms with E-state index in [-0.39, 0.29) is 11.9 Å². The predicted molar refractivity (Wildman–Crippen MR) is 70.1 cm³/mol. The van der Waals surface area contributed by atoms with Crippen LogP contribution < -0.4 is 16.8 Å². The standard InChI is InChI=1S/C13H16N2O.H3N/c16-13(7-9-1-2-9)10-3-4-11-12(8-10)15-6-5-14-11;/h3-4,8-9,14-15H,1-2,5-7H2;1H3. The van der Waals surface area contributed by atoms with Crippen molar-refractivity contribution in [3.8, 4) is 0 Å². The maximum atomic E-state index is 11.9. The molecule has 4 heteroatoms. The van der Waals surface area contributed by atoms with Crippen molar-refractivity contribution in [3.63, 3.8) is 0 Å². The van der Waals surface area contributed by atoms with E-state index >= 15 is 0 Å². The largest absolute Gasteiger partial charge is 0.382 e. The SMILES string of the molecule is N.O=C(CC1CC1)c1ccc2c(c1)NCCN2. The lowest BCUT2D eigenvalue weighted by atomic mass is 10.0. The van der Waals surface area contributed by atoms with Gasteiger partial charge < -0.3 is 16.8 Å². The summed E-state index contributed by atoms with van der Waals surface area (Å²) >= 11 is 0. The van der Waals surface area contributed by atoms with E-state index in [0.29, 0.717) is 5.92 Å². The van der Waals surface area contributed by atoms with Gasteiger partial charge in [0.05, 0.1) is 11.4 Å². The Balaban J connectivity index is 0.00000108. The van der Waals surface area contributed by atoms with E-state index in [9.17, 15) is 4.79 Å². The molecular weight excluding hydrogens is 214 g/mol. The molecule has 0 radical (unpaired) electrons. The van der Waals surface area contributed by atoms with Gasteiger partial charge in [0.1, 0.15) is 0 Å². The Bertz CT molecular complexity index is 427. The molecular formula is C13H19N3O. The van der Waals surface area contributed by atoms with E-state index in [1.807, 2.05) is 18.2 Å². The van der Waals surface area contributed by atoms with Gasteiger partial charge >= 0.3 is 0 Å². The quantitative estimate of drug-likeness (QED) is 0.701. The minimum absolute atomic E-state index is 0. The first-order valence-corrected chi connectivity index (χ1v) is 5.98. The zero-order chi connectivity index (χ0) is 11.0. The number of hydrogen-bond acceptors (Lipinski definition) is 4. The number of hydrogen-bond donors (Lipinski definition) is 3. The Labute approximate surface area is 101 Å². The number of carbonyl (C=O) groups excluding carboxylic acids is 1. The third kappa shape index (κ3) is 2.58. The third-order valence-electron chi connectivity index (χ3n) is 3.27. The lowest BCUT2D eigenvalue weighted by Crippen LogP contribution is -2.20. The summed E-state index contributed by atoms with van der Waals surface area (Å²) in [5.74, 6) is 0.951. The van der Waals surface area contributed by atoms with E-state index in [1.165, 1.54) is 12.8 Å². The van der Waals surface area contributed by atoms with Gasteiger partial charge in [-0.05, 0) is 37.0 Å². The highest BCUT2D eigenvalue weighted by atomic mass is 16.1. The Morgan fingerprint density at radius 1 is 1.18 bits per heavy atom. The topological polar surface area (TPSA) is 76.1 Å². The molecule has 0 saturated heterocycles. The average Bonchev–Trinajstić information content (AvgIpc) is 3.12. The van der Waals surface area contributed by atoms with Crippen LogP contribution in [0.15, 0.2) is 18.2 Å². The Morgan fingerprint density at radius 2 is 1.88 bits per heavy atom. The zero-order valence-electron chi connectivity index (χ0n) is 9.96. The third-order valence-corrected chi connectivity index (χ3v) is 3.27. The number of rotatable bonds is 3. The van der Waals surface area contributed by atoms with Gasteiger partial charge in [0.2, 0.25) is 0 Å². The first-order chi connectivity index (χ1) is 7.83. The van der Waals surface area contributed by atoms with Crippen LogP contribution in [0.5, 0.6) is 0 Å². The van der Waals surface area contributed by atoms with Crippen LogP contribution in [0, 0.1) is 5.92 Å². The summed E-state index contributed by atoms with van der Waals surface area (Å²) < 4.78 is 0. The molecule has 5 N–H and O–H groups in total. The molecule has 0 aromatic heterocycles. The molecule has 0 atom stereocenters. The van der Waals surface area contributed by atoms with Gasteiger partial charge in [-0.2, -0.15) is 0 Å². The van der Waals surface area contributed by atoms with Crippen LogP contribution in [-0.4, -0.2) is 18.9 Å². The summed E-state index contributed by atoms with van der Waals surface area (Å²) in [6.07, 6.45) is 3.19. The highest BCUT2D eigenvalue weighted by Gasteiger charge is 2.25. The fourth-order valence-corrected chi connectivity index (χ4v) is 2.11. The van der Waals surface area contributed by atoms with Crippen molar-refractivity contribution in [1.29, 1.82) is 0 Å². The lowest BCUT2D eigenvalue weighted by Gasteiger charge is -2.20. The first kappa shape index (κ1) is 11.9. The van der Waals surface area contributed by atoms with Gasteiger partial charge in [0.25, 0.3) is 0 Å². The highest BCUT2D eigenvalue weighted by molar-refractivity contribution is 5.98. The molecule has 0 unspecified atom stereocenters. The molecule has 1 heterocycles. The number of anilines is 2. The molecule has 1 aromatic carbocycles. The van der Waals surface area contributed by atoms with E-state index in [2.05, 4.69) is 10.6 Å². The van der Waals surface area contributed by atoms with Crippen molar-refractivity contribution in [1.82, 2.24) is 6.15 Å². The van der Waals surface area contributed by atoms with E-state index in [1.54, 1.807) is 0 Å². The molecule has 0 amide bonds. The molecule has 17 heavy (non-hydrogen) atoms. The molecule has 1 aromatic rings. The van der Waals surface area contributed by atoms with Crippen molar-refractivity contribution in [2.45, 2.75) is 19.3 Å². The maximum absolute atomic E-state index is 11.9. The molecule has 4 nitrogen and oxygen atoms in total. The summed E-state index contributed by atoms with van der Waals surface area (Å²) in [5, 5.41) is 6.62. The van der Waals surface area contributed by atoms with Crippen molar-refractivity contribution >= 4 is 17.2 Å². The summed E-state index contributed by atoms with van der Waals surface area (Å²) in [5.41, 5.74) is 3.02. The molecule has 1 aliphatic heterocycles. The minimum Gasteiger partial charge on any atom is -0.382 e. The second-order valence-electron chi connectivity index (χ2n) is 4.68. The smallest absolute Gasteiger partial charge is 0.163 e. The van der Waals surface area contributed by atoms with Gasteiger partial charge in [0, 0.05) is 25.1 Å². The molecule has 2 aliphatic rings. The number of carbonyl (C=O) groups is 1. The molecule has 0 spiro atoms. The van der Waals surface area contributed by atoms with Crippen molar-refractivity contribution in [3.05, 3.63) is 23.8 Å². The van der Waals surface area contributed by atoms with Crippen LogP contribution in [0.4, 0.5) is 11.4 Å². The fraction of sp³-hybridized carbons (Fsp3) is 0.462. The number of nitrogens with one attached hydrogen (secondary N) is 2. The first-order valence-electron chi connectivity index (χ1n) is 5.98. The van der Waals surface area contributed by atoms with Crippen molar-refractivity contribution in [2.24, 2.45) is 5.92 Å². The average molecular weight is 233 g/mol. The summed E-state index contributed by atoms with van der Waals surface area (Å²) in [7, 11) is 0. The predicted octanol–water partition coefficient (Wildman–Crippen LogP) is 2.67. The monoisotopic (exact) mass is 233 g/mol. The molecule has 92 valence electrons. The Kier molecular flexibility index (Phi) is 3.33. The van der Waals surface area contributed by atoms with E-state index in [4.69, 9.17) is 0 Å². The second kappa shape index (κ2) is 4.75. The van der Waals surface area contributed by atoms with E-state index < -0.39 is 0 Å². The van der Waals surface area contributed by atoms with Crippen LogP contribution in [0.2, 0.25) is 0 Å². The summed E-state index contributed by atoms with van der Waals surface area (Å²) in [6, 6.07) is 5.91. The number of ketones is 1. The highest BCUT2D eigenvalue weighted by Crippen LogP contribution is 2.34. The maximum Gasteiger partial charge on any atom is 0.163 e. The Hall–Kier alpha value is -1.55. The number of fused-ring (bicyclic) bond motifs is 1. The van der Waals surface area contributed by atoms with Gasteiger partial charge in [-0.1, -0.05) is 0 Å². The fourth-order valence-electron chi connectivity index (χ4n) is 2.11. The summed E-state index contributed by atoms with van der Waals surface area (Å²) in [6.45, 7) is 1.87. The second-order valence-corrected chi connectivity index (χ2v) is 4.68. The van der Waals surface area contributed by atoms with Gasteiger partial charge in [0.15, 0.2) is 5.78 Å². The summed E-state index contributed by atoms with van der Waals surface area (Å²) in [4.78, 5) is 11.9. The van der Waals surface area contributed by atoms with E-state index in [0.717, 1.165) is 36.4 Å². The number of benzene rings is 1. The van der Waals surface area contributed by atoms with Gasteiger partial charge in [-0.15, -0.1) is 0 Å². The Morgan fingerprint density at radius 3 is 2.59 bits per heavy atom. The van der Waals surface area contributed by atoms with Crippen LogP contribution in [0.3, 0.4) is 0 Å². The molecule has 1 fully saturated rings. The molecule has 1 saturated carbocycles. The molecule has 3 rings (SSSR count). The van der Waals surface area contributed by atoms with Crippen molar-refractivity contribution < 1.29 is 4.79 Å². The number of Topliss-reactive ketones (excluding diaryl/α,β-unsaturated/α-hetero) is 1. The normalized spacial score (nSPS) is 17.2. The van der Waals surface area contributed by atoms with Crippen LogP contribution >= 0.6 is 0 Å².